The van der Waals surface area contributed by atoms with Gasteiger partial charge in [-0.1, -0.05) is 6.07 Å². The van der Waals surface area contributed by atoms with Gasteiger partial charge in [-0.25, -0.2) is 8.42 Å². The van der Waals surface area contributed by atoms with Crippen molar-refractivity contribution < 1.29 is 13.2 Å². The van der Waals surface area contributed by atoms with Crippen LogP contribution in [-0.4, -0.2) is 33.9 Å². The van der Waals surface area contributed by atoms with Gasteiger partial charge in [-0.05, 0) is 58.9 Å². The summed E-state index contributed by atoms with van der Waals surface area (Å²) in [5.41, 5.74) is 1.83. The summed E-state index contributed by atoms with van der Waals surface area (Å²) in [6.45, 7) is 9.03. The van der Waals surface area contributed by atoms with E-state index >= 15 is 0 Å². The van der Waals surface area contributed by atoms with Gasteiger partial charge in [0.25, 0.3) is 10.0 Å². The Morgan fingerprint density at radius 1 is 1.10 bits per heavy atom. The minimum absolute atomic E-state index is 0.0444. The number of benzene rings is 1. The molecule has 1 unspecified atom stereocenters. The number of nitrogens with zero attached hydrogens (tertiary/aromatic N) is 4. The summed E-state index contributed by atoms with van der Waals surface area (Å²) in [7, 11) is -3.84. The molecule has 0 aliphatic carbocycles. The van der Waals surface area contributed by atoms with Crippen molar-refractivity contribution in [3.63, 3.8) is 0 Å². The highest BCUT2D eigenvalue weighted by molar-refractivity contribution is 7.92. The van der Waals surface area contributed by atoms with Crippen molar-refractivity contribution in [1.82, 2.24) is 19.6 Å². The molecule has 0 bridgehead atoms. The lowest BCUT2D eigenvalue weighted by atomic mass is 10.2. The van der Waals surface area contributed by atoms with E-state index in [9.17, 15) is 13.2 Å². The normalized spacial score (nSPS) is 12.7. The lowest BCUT2D eigenvalue weighted by molar-refractivity contribution is -0.119. The van der Waals surface area contributed by atoms with Crippen LogP contribution < -0.4 is 10.0 Å². The zero-order valence-corrected chi connectivity index (χ0v) is 18.4. The van der Waals surface area contributed by atoms with Gasteiger partial charge in [-0.15, -0.1) is 0 Å². The summed E-state index contributed by atoms with van der Waals surface area (Å²) in [6, 6.07) is 7.84. The Balaban J connectivity index is 1.80. The van der Waals surface area contributed by atoms with E-state index in [1.54, 1.807) is 72.9 Å². The Bertz CT molecular complexity index is 1150. The maximum Gasteiger partial charge on any atom is 0.265 e. The van der Waals surface area contributed by atoms with Gasteiger partial charge in [0.05, 0.1) is 17.1 Å². The average molecular weight is 431 g/mol. The molecule has 0 spiro atoms. The standard InChI is InChI=1S/C20H26N6O3S/c1-13(2)26-15(4)19(14(3)23-26)30(28,29)24-18-9-6-8-17(12-18)22-20(27)16(5)25-11-7-10-21-25/h6-13,16,24H,1-5H3,(H,22,27). The first-order valence-electron chi connectivity index (χ1n) is 9.58. The molecule has 10 heteroatoms. The number of nitrogens with one attached hydrogen (secondary N) is 2. The lowest BCUT2D eigenvalue weighted by Gasteiger charge is -2.14. The predicted octanol–water partition coefficient (Wildman–Crippen LogP) is 3.28. The van der Waals surface area contributed by atoms with Crippen molar-refractivity contribution in [3.8, 4) is 0 Å². The third-order valence-electron chi connectivity index (χ3n) is 4.70. The van der Waals surface area contributed by atoms with Crippen molar-refractivity contribution in [2.75, 3.05) is 10.0 Å². The smallest absolute Gasteiger partial charge is 0.265 e. The highest BCUT2D eigenvalue weighted by atomic mass is 32.2. The number of anilines is 2. The molecule has 2 aromatic heterocycles. The van der Waals surface area contributed by atoms with E-state index in [-0.39, 0.29) is 16.8 Å². The maximum absolute atomic E-state index is 13.0. The number of aromatic nitrogens is 4. The Morgan fingerprint density at radius 3 is 2.40 bits per heavy atom. The Kier molecular flexibility index (Phi) is 5.97. The second-order valence-corrected chi connectivity index (χ2v) is 9.00. The molecule has 0 aliphatic heterocycles. The third-order valence-corrected chi connectivity index (χ3v) is 6.33. The topological polar surface area (TPSA) is 111 Å². The van der Waals surface area contributed by atoms with Crippen molar-refractivity contribution in [2.24, 2.45) is 0 Å². The molecule has 0 saturated carbocycles. The van der Waals surface area contributed by atoms with Crippen LogP contribution in [0.4, 0.5) is 11.4 Å². The number of carbonyl (C=O) groups excluding carboxylic acids is 1. The first-order valence-corrected chi connectivity index (χ1v) is 11.1. The van der Waals surface area contributed by atoms with E-state index in [0.717, 1.165) is 0 Å². The Morgan fingerprint density at radius 2 is 1.80 bits per heavy atom. The van der Waals surface area contributed by atoms with Gasteiger partial charge < -0.3 is 5.32 Å². The fourth-order valence-corrected chi connectivity index (χ4v) is 4.73. The SMILES string of the molecule is Cc1nn(C(C)C)c(C)c1S(=O)(=O)Nc1cccc(NC(=O)C(C)n2cccn2)c1. The highest BCUT2D eigenvalue weighted by Crippen LogP contribution is 2.26. The van der Waals surface area contributed by atoms with Crippen LogP contribution in [0.3, 0.4) is 0 Å². The van der Waals surface area contributed by atoms with Crippen LogP contribution in [0.5, 0.6) is 0 Å². The molecular weight excluding hydrogens is 404 g/mol. The number of hydrogen-bond acceptors (Lipinski definition) is 5. The Hall–Kier alpha value is -3.14. The number of sulfonamides is 1. The van der Waals surface area contributed by atoms with Crippen LogP contribution in [0.2, 0.25) is 0 Å². The average Bonchev–Trinajstić information content (AvgIpc) is 3.29. The molecule has 0 saturated heterocycles. The molecule has 0 aliphatic rings. The molecule has 9 nitrogen and oxygen atoms in total. The van der Waals surface area contributed by atoms with E-state index < -0.39 is 16.1 Å². The quantitative estimate of drug-likeness (QED) is 0.598. The molecule has 30 heavy (non-hydrogen) atoms. The number of rotatable bonds is 7. The van der Waals surface area contributed by atoms with Crippen LogP contribution in [0.15, 0.2) is 47.6 Å². The summed E-state index contributed by atoms with van der Waals surface area (Å²) in [4.78, 5) is 12.6. The number of hydrogen-bond donors (Lipinski definition) is 2. The van der Waals surface area contributed by atoms with Crippen LogP contribution >= 0.6 is 0 Å². The van der Waals surface area contributed by atoms with Crippen LogP contribution in [0, 0.1) is 13.8 Å². The molecule has 2 N–H and O–H groups in total. The van der Waals surface area contributed by atoms with Crippen LogP contribution in [0.1, 0.15) is 44.2 Å². The minimum atomic E-state index is -3.84. The molecule has 3 aromatic rings. The molecule has 1 amide bonds. The molecule has 1 aromatic carbocycles. The number of amides is 1. The molecule has 0 fully saturated rings. The number of aryl methyl sites for hydroxylation is 1. The summed E-state index contributed by atoms with van der Waals surface area (Å²) in [5, 5.41) is 11.2. The van der Waals surface area contributed by atoms with Gasteiger partial charge in [-0.2, -0.15) is 10.2 Å². The summed E-state index contributed by atoms with van der Waals surface area (Å²) in [5.74, 6) is -0.261. The van der Waals surface area contributed by atoms with Gasteiger partial charge in [-0.3, -0.25) is 18.9 Å². The van der Waals surface area contributed by atoms with Gasteiger partial charge >= 0.3 is 0 Å². The summed E-state index contributed by atoms with van der Waals surface area (Å²) < 4.78 is 31.8. The fraction of sp³-hybridized carbons (Fsp3) is 0.350. The molecule has 0 radical (unpaired) electrons. The van der Waals surface area contributed by atoms with E-state index in [4.69, 9.17) is 0 Å². The predicted molar refractivity (Wildman–Crippen MR) is 115 cm³/mol. The minimum Gasteiger partial charge on any atom is -0.324 e. The van der Waals surface area contributed by atoms with E-state index in [2.05, 4.69) is 20.2 Å². The molecule has 3 rings (SSSR count). The molecular formula is C20H26N6O3S. The van der Waals surface area contributed by atoms with E-state index in [1.807, 2.05) is 13.8 Å². The van der Waals surface area contributed by atoms with Crippen LogP contribution in [0.25, 0.3) is 0 Å². The molecule has 1 atom stereocenters. The zero-order valence-electron chi connectivity index (χ0n) is 17.6. The van der Waals surface area contributed by atoms with Crippen molar-refractivity contribution >= 4 is 27.3 Å². The Labute approximate surface area is 176 Å². The van der Waals surface area contributed by atoms with E-state index in [1.165, 1.54) is 0 Å². The van der Waals surface area contributed by atoms with Gasteiger partial charge in [0, 0.05) is 24.1 Å². The van der Waals surface area contributed by atoms with Crippen molar-refractivity contribution in [1.29, 1.82) is 0 Å². The monoisotopic (exact) mass is 430 g/mol. The van der Waals surface area contributed by atoms with Crippen LogP contribution in [-0.2, 0) is 14.8 Å². The maximum atomic E-state index is 13.0. The van der Waals surface area contributed by atoms with Crippen molar-refractivity contribution in [3.05, 3.63) is 54.1 Å². The van der Waals surface area contributed by atoms with Gasteiger partial charge in [0.1, 0.15) is 10.9 Å². The second-order valence-electron chi connectivity index (χ2n) is 7.38. The zero-order chi connectivity index (χ0) is 22.1. The lowest BCUT2D eigenvalue weighted by Crippen LogP contribution is -2.24. The number of carbonyl (C=O) groups is 1. The highest BCUT2D eigenvalue weighted by Gasteiger charge is 2.25. The summed E-state index contributed by atoms with van der Waals surface area (Å²) >= 11 is 0. The van der Waals surface area contributed by atoms with E-state index in [0.29, 0.717) is 22.8 Å². The molecule has 160 valence electrons. The first-order chi connectivity index (χ1) is 14.1. The molecule has 2 heterocycles. The second kappa shape index (κ2) is 8.31. The fourth-order valence-electron chi connectivity index (χ4n) is 3.28. The van der Waals surface area contributed by atoms with Gasteiger partial charge in [0.2, 0.25) is 5.91 Å². The van der Waals surface area contributed by atoms with Crippen molar-refractivity contribution in [2.45, 2.75) is 51.6 Å². The van der Waals surface area contributed by atoms with Gasteiger partial charge in [0.15, 0.2) is 0 Å². The first kappa shape index (κ1) is 21.6. The third kappa shape index (κ3) is 4.38. The summed E-state index contributed by atoms with van der Waals surface area (Å²) in [6.07, 6.45) is 3.31. The largest absolute Gasteiger partial charge is 0.324 e.